The van der Waals surface area contributed by atoms with Gasteiger partial charge in [-0.1, -0.05) is 234 Å². The Bertz CT molecular complexity index is 4290. The van der Waals surface area contributed by atoms with Gasteiger partial charge >= 0.3 is 0 Å². The minimum atomic E-state index is 0.276. The Labute approximate surface area is 702 Å². The molecule has 0 atom stereocenters. The average Bonchev–Trinajstić information content (AvgIpc) is 1.54. The molecule has 20 heteroatoms. The highest BCUT2D eigenvalue weighted by atomic mass is 16.5. The minimum Gasteiger partial charge on any atom is -0.495 e. The van der Waals surface area contributed by atoms with Crippen molar-refractivity contribution in [2.75, 3.05) is 34.5 Å². The van der Waals surface area contributed by atoms with E-state index in [1.54, 1.807) is 27.6 Å². The molecule has 0 N–H and O–H groups in total. The molecule has 117 heavy (non-hydrogen) atoms. The zero-order valence-electron chi connectivity index (χ0n) is 77.9. The average molecular weight is 1600 g/mol. The molecule has 638 valence electrons. The van der Waals surface area contributed by atoms with E-state index in [9.17, 15) is 0 Å². The van der Waals surface area contributed by atoms with Gasteiger partial charge in [-0.3, -0.25) is 29.9 Å². The standard InChI is InChI=1S/C14H19N.C13H19NO.C13H17NO.C13H19NO.C12H16N2O.2C11H18N2O.C10H17N3O/c1-9(2)13-8-15-14(10(3)4)12-7-5-6-11(12)13;2*1-8(2)11-7-14-12(9(3)4)10-5-6-15-13(10)11;1-8(2)11-7-14-12(9(3)4)13-10(11)5-6-15-13;1-7(2)9-5-13-10(8(3)4)12-11(9)14-6-15-12;1-7(2)9-6-12-10(8(3)4)11(13-9)14-5;1-7(2)9-6-10(14-5)11(8(3)4)13-12-9;1-6(2)8-10(14-5)11-9(7(3)4)13-12-8/h5,7-10H,6H2,1-4H3;7-9H,5-6H2,1-4H3;5-9H,1-4H3;7-9H,5-6H2,1-4H3;5-8H,1-4H3;2*6-8H,1-5H3;6-7H,1-5H3. The smallest absolute Gasteiger partial charge is 0.239 e. The Kier molecular flexibility index (Phi) is 37.1. The fourth-order valence-corrected chi connectivity index (χ4v) is 13.7. The number of fused-ring (bicyclic) bond motifs is 5. The number of rotatable bonds is 19. The van der Waals surface area contributed by atoms with Crippen LogP contribution < -0.4 is 23.7 Å². The van der Waals surface area contributed by atoms with Gasteiger partial charge in [-0.15, -0.1) is 10.2 Å². The number of nitrogens with zero attached hydrogens (tertiary/aromatic N) is 13. The maximum Gasteiger partial charge on any atom is 0.239 e. The summed E-state index contributed by atoms with van der Waals surface area (Å²) in [6.07, 6.45) is 22.7. The third-order valence-electron chi connectivity index (χ3n) is 20.5. The van der Waals surface area contributed by atoms with Gasteiger partial charge in [0.15, 0.2) is 17.8 Å². The molecule has 0 unspecified atom stereocenters. The SMILES string of the molecule is CC(C)c1cnc(C(C)C)c2c1CC=C2.CC(C)c1cnc(C(C)C)c2c1CCO2.CC(C)c1cnc(C(C)C)c2c1OCC2.CC(C)c1cnc(C(C)C)c2ocnc12.CC(C)c1ncc(C(C)C)c2occc12.COc1cc(C(C)C)nnc1C(C)C.COc1nc(C(C)C)cnc1C(C)C.COc1nc(C(C)C)nnc1C(C)C. The molecule has 13 rings (SSSR count). The predicted molar refractivity (Wildman–Crippen MR) is 479 cm³/mol. The number of pyridine rings is 5. The molecule has 0 bridgehead atoms. The molecule has 2 aliphatic heterocycles. The first-order chi connectivity index (χ1) is 55.2. The van der Waals surface area contributed by atoms with E-state index in [0.717, 1.165) is 129 Å². The van der Waals surface area contributed by atoms with E-state index in [1.807, 2.05) is 70.8 Å². The fraction of sp³-hybridized carbons (Fsp3) is 0.577. The van der Waals surface area contributed by atoms with Gasteiger partial charge in [0.1, 0.15) is 45.4 Å². The number of aromatic nitrogens is 13. The van der Waals surface area contributed by atoms with Gasteiger partial charge in [-0.2, -0.15) is 15.2 Å². The van der Waals surface area contributed by atoms with Crippen molar-refractivity contribution in [1.29, 1.82) is 0 Å². The Hall–Kier alpha value is -9.33. The van der Waals surface area contributed by atoms with E-state index in [4.69, 9.17) is 32.5 Å². The molecule has 0 fully saturated rings. The molecule has 12 heterocycles. The summed E-state index contributed by atoms with van der Waals surface area (Å²) in [4.78, 5) is 40.2. The van der Waals surface area contributed by atoms with Gasteiger partial charge in [-0.25, -0.2) is 9.97 Å². The third-order valence-corrected chi connectivity index (χ3v) is 20.5. The zero-order valence-corrected chi connectivity index (χ0v) is 77.9. The van der Waals surface area contributed by atoms with Crippen molar-refractivity contribution in [2.45, 2.75) is 336 Å². The van der Waals surface area contributed by atoms with Crippen LogP contribution in [0.3, 0.4) is 0 Å². The molecule has 1 aliphatic carbocycles. The number of allylic oxidation sites excluding steroid dienone is 1. The number of ether oxygens (including phenoxy) is 5. The molecule has 20 nitrogen and oxygen atoms in total. The number of hydrogen-bond acceptors (Lipinski definition) is 20. The maximum atomic E-state index is 5.74. The van der Waals surface area contributed by atoms with Gasteiger partial charge in [0.05, 0.1) is 75.0 Å². The summed E-state index contributed by atoms with van der Waals surface area (Å²) in [5.74, 6) is 11.8. The summed E-state index contributed by atoms with van der Waals surface area (Å²) in [5.41, 5.74) is 25.1. The lowest BCUT2D eigenvalue weighted by Crippen LogP contribution is -2.07. The van der Waals surface area contributed by atoms with E-state index in [1.165, 1.54) is 62.3 Å². The number of hydrogen-bond donors (Lipinski definition) is 0. The Morgan fingerprint density at radius 3 is 1.32 bits per heavy atom. The van der Waals surface area contributed by atoms with E-state index in [0.29, 0.717) is 94.6 Å². The van der Waals surface area contributed by atoms with Gasteiger partial charge in [-0.05, 0) is 106 Å². The number of methoxy groups -OCH3 is 3. The summed E-state index contributed by atoms with van der Waals surface area (Å²) in [6.45, 7) is 70.1. The molecule has 0 radical (unpaired) electrons. The predicted octanol–water partition coefficient (Wildman–Crippen LogP) is 25.6. The molecule has 3 aliphatic rings. The summed E-state index contributed by atoms with van der Waals surface area (Å²) < 4.78 is 38.2. The number of oxazole rings is 1. The third kappa shape index (κ3) is 25.4. The van der Waals surface area contributed by atoms with Gasteiger partial charge in [0, 0.05) is 119 Å². The van der Waals surface area contributed by atoms with Crippen LogP contribution in [-0.4, -0.2) is 99.8 Å². The van der Waals surface area contributed by atoms with E-state index in [-0.39, 0.29) is 11.8 Å². The largest absolute Gasteiger partial charge is 0.495 e. The first kappa shape index (κ1) is 96.5. The second-order valence-corrected chi connectivity index (χ2v) is 35.5. The van der Waals surface area contributed by atoms with E-state index in [2.05, 4.69) is 277 Å². The van der Waals surface area contributed by atoms with Crippen molar-refractivity contribution >= 4 is 28.1 Å². The quantitative estimate of drug-likeness (QED) is 0.0731. The second-order valence-electron chi connectivity index (χ2n) is 35.5. The van der Waals surface area contributed by atoms with Gasteiger partial charge in [0.2, 0.25) is 11.8 Å². The van der Waals surface area contributed by atoms with Crippen LogP contribution in [0.4, 0.5) is 0 Å². The lowest BCUT2D eigenvalue weighted by atomic mass is 9.93. The lowest BCUT2D eigenvalue weighted by molar-refractivity contribution is 0.350. The summed E-state index contributed by atoms with van der Waals surface area (Å²) in [5, 5.41) is 17.7. The molecule has 0 saturated carbocycles. The summed E-state index contributed by atoms with van der Waals surface area (Å²) in [7, 11) is 4.92. The molecule has 10 aromatic rings. The Morgan fingerprint density at radius 1 is 0.333 bits per heavy atom. The van der Waals surface area contributed by atoms with Crippen molar-refractivity contribution in [3.63, 3.8) is 0 Å². The highest BCUT2D eigenvalue weighted by molar-refractivity contribution is 5.83. The second kappa shape index (κ2) is 45.0. The monoisotopic (exact) mass is 1600 g/mol. The summed E-state index contributed by atoms with van der Waals surface area (Å²) in [6, 6.07) is 4.00. The van der Waals surface area contributed by atoms with Crippen molar-refractivity contribution in [2.24, 2.45) is 0 Å². The highest BCUT2D eigenvalue weighted by Gasteiger charge is 2.27. The first-order valence-electron chi connectivity index (χ1n) is 42.9. The van der Waals surface area contributed by atoms with Crippen LogP contribution in [0.1, 0.15) is 429 Å². The van der Waals surface area contributed by atoms with Crippen LogP contribution >= 0.6 is 0 Å². The van der Waals surface area contributed by atoms with Crippen LogP contribution in [0, 0.1) is 0 Å². The molecule has 10 aromatic heterocycles. The summed E-state index contributed by atoms with van der Waals surface area (Å²) >= 11 is 0. The minimum absolute atomic E-state index is 0.276. The molecule has 0 aromatic carbocycles. The van der Waals surface area contributed by atoms with E-state index < -0.39 is 0 Å². The molecule has 0 amide bonds. The van der Waals surface area contributed by atoms with Gasteiger partial charge in [0.25, 0.3) is 0 Å². The Balaban J connectivity index is 0.000000208. The van der Waals surface area contributed by atoms with Gasteiger partial charge < -0.3 is 32.5 Å². The zero-order chi connectivity index (χ0) is 87.1. The van der Waals surface area contributed by atoms with Crippen LogP contribution in [-0.2, 0) is 19.3 Å². The van der Waals surface area contributed by atoms with Crippen LogP contribution in [0.2, 0.25) is 0 Å². The maximum absolute atomic E-state index is 5.74. The number of furan rings is 1. The molecular weight excluding hydrogens is 1460 g/mol. The van der Waals surface area contributed by atoms with Crippen molar-refractivity contribution in [3.8, 4) is 29.0 Å². The van der Waals surface area contributed by atoms with Crippen LogP contribution in [0.15, 0.2) is 76.9 Å². The van der Waals surface area contributed by atoms with Crippen LogP contribution in [0.25, 0.3) is 28.1 Å². The van der Waals surface area contributed by atoms with Crippen molar-refractivity contribution in [3.05, 3.63) is 181 Å². The highest BCUT2D eigenvalue weighted by Crippen LogP contribution is 2.41. The molecular formula is C97H143N13O7. The van der Waals surface area contributed by atoms with Crippen molar-refractivity contribution in [1.82, 2.24) is 65.3 Å². The molecule has 0 spiro atoms. The van der Waals surface area contributed by atoms with Crippen LogP contribution in [0.5, 0.6) is 29.0 Å². The van der Waals surface area contributed by atoms with E-state index >= 15 is 0 Å². The Morgan fingerprint density at radius 2 is 0.795 bits per heavy atom. The topological polar surface area (TPSA) is 240 Å². The molecule has 0 saturated heterocycles. The van der Waals surface area contributed by atoms with Crippen molar-refractivity contribution < 1.29 is 32.5 Å². The first-order valence-corrected chi connectivity index (χ1v) is 42.9. The normalized spacial score (nSPS) is 12.5. The fourth-order valence-electron chi connectivity index (χ4n) is 13.7. The lowest BCUT2D eigenvalue weighted by Gasteiger charge is -2.16.